The first-order valence-electron chi connectivity index (χ1n) is 10.3. The molecule has 1 N–H and O–H groups in total. The highest BCUT2D eigenvalue weighted by Crippen LogP contribution is 2.31. The van der Waals surface area contributed by atoms with Gasteiger partial charge in [-0.1, -0.05) is 0 Å². The largest absolute Gasteiger partial charge is 0.468 e. The summed E-state index contributed by atoms with van der Waals surface area (Å²) in [4.78, 5) is 17.3. The summed E-state index contributed by atoms with van der Waals surface area (Å²) in [5, 5.41) is 9.61. The van der Waals surface area contributed by atoms with Crippen molar-refractivity contribution in [3.63, 3.8) is 0 Å². The van der Waals surface area contributed by atoms with Crippen molar-refractivity contribution in [1.29, 1.82) is 0 Å². The second kappa shape index (κ2) is 6.38. The summed E-state index contributed by atoms with van der Waals surface area (Å²) >= 11 is 0. The van der Waals surface area contributed by atoms with Crippen LogP contribution in [0.2, 0.25) is 0 Å². The van der Waals surface area contributed by atoms with Crippen LogP contribution in [0.3, 0.4) is 0 Å². The average Bonchev–Trinajstić information content (AvgIpc) is 3.52. The van der Waals surface area contributed by atoms with Gasteiger partial charge >= 0.3 is 5.63 Å². The highest BCUT2D eigenvalue weighted by molar-refractivity contribution is 6.03. The Kier molecular flexibility index (Phi) is 3.54. The standard InChI is InChI=1S/C24H14F2N4O3/c25-15-7-17-11(9-28-29-17)6-12(15)10-30-18-8-16(26)13-3-5-32-22(13)20(18)19-14-2-1-4-27-23(14)33-24(31)21(19)30/h1-9,13,16H,10H2,(H,28,29). The highest BCUT2D eigenvalue weighted by atomic mass is 19.1. The lowest BCUT2D eigenvalue weighted by Gasteiger charge is -2.16. The van der Waals surface area contributed by atoms with Gasteiger partial charge in [0.05, 0.1) is 35.8 Å². The predicted molar refractivity (Wildman–Crippen MR) is 117 cm³/mol. The molecule has 33 heavy (non-hydrogen) atoms. The van der Waals surface area contributed by atoms with Crippen LogP contribution >= 0.6 is 0 Å². The van der Waals surface area contributed by atoms with Gasteiger partial charge in [0.25, 0.3) is 0 Å². The molecule has 0 fully saturated rings. The molecule has 4 aromatic heterocycles. The molecule has 0 bridgehead atoms. The van der Waals surface area contributed by atoms with E-state index >= 15 is 4.39 Å². The Morgan fingerprint density at radius 3 is 3.09 bits per heavy atom. The van der Waals surface area contributed by atoms with Crippen LogP contribution in [0, 0.1) is 11.7 Å². The minimum absolute atomic E-state index is 0.0100. The molecule has 9 heteroatoms. The van der Waals surface area contributed by atoms with Crippen molar-refractivity contribution in [3.05, 3.63) is 81.4 Å². The van der Waals surface area contributed by atoms with Crippen LogP contribution in [0.25, 0.3) is 44.7 Å². The van der Waals surface area contributed by atoms with E-state index < -0.39 is 23.5 Å². The molecular formula is C24H14F2N4O3. The van der Waals surface area contributed by atoms with Gasteiger partial charge in [-0.3, -0.25) is 5.10 Å². The number of halogens is 2. The fourth-order valence-corrected chi connectivity index (χ4v) is 4.89. The van der Waals surface area contributed by atoms with Crippen LogP contribution in [0.1, 0.15) is 5.56 Å². The predicted octanol–water partition coefficient (Wildman–Crippen LogP) is 2.61. The number of benzene rings is 1. The third-order valence-electron chi connectivity index (χ3n) is 6.35. The molecule has 0 saturated heterocycles. The van der Waals surface area contributed by atoms with Gasteiger partial charge in [0, 0.05) is 33.1 Å². The second-order valence-electron chi connectivity index (χ2n) is 8.16. The molecule has 0 spiro atoms. The van der Waals surface area contributed by atoms with E-state index in [0.29, 0.717) is 38.2 Å². The molecule has 0 saturated carbocycles. The number of pyridine rings is 1. The van der Waals surface area contributed by atoms with Crippen LogP contribution in [0.15, 0.2) is 58.2 Å². The van der Waals surface area contributed by atoms with Crippen molar-refractivity contribution in [2.75, 3.05) is 0 Å². The zero-order chi connectivity index (χ0) is 22.3. The fourth-order valence-electron chi connectivity index (χ4n) is 4.89. The summed E-state index contributed by atoms with van der Waals surface area (Å²) < 4.78 is 42.9. The van der Waals surface area contributed by atoms with Gasteiger partial charge in [-0.25, -0.2) is 18.6 Å². The first kappa shape index (κ1) is 18.3. The normalized spacial score (nSPS) is 19.2. The number of fused-ring (bicyclic) bond motifs is 7. The van der Waals surface area contributed by atoms with Crippen LogP contribution in [-0.4, -0.2) is 25.9 Å². The number of nitrogens with zero attached hydrogens (tertiary/aromatic N) is 3. The van der Waals surface area contributed by atoms with Crippen molar-refractivity contribution >= 4 is 44.7 Å². The minimum Gasteiger partial charge on any atom is -0.468 e. The van der Waals surface area contributed by atoms with Gasteiger partial charge in [0.15, 0.2) is 0 Å². The number of rotatable bonds is 2. The Morgan fingerprint density at radius 2 is 2.18 bits per heavy atom. The van der Waals surface area contributed by atoms with E-state index in [4.69, 9.17) is 9.15 Å². The van der Waals surface area contributed by atoms with Crippen LogP contribution < -0.4 is 16.2 Å². The van der Waals surface area contributed by atoms with E-state index in [-0.39, 0.29) is 17.8 Å². The molecule has 7 nitrogen and oxygen atoms in total. The summed E-state index contributed by atoms with van der Waals surface area (Å²) in [7, 11) is 0. The Balaban J connectivity index is 1.64. The zero-order valence-electron chi connectivity index (χ0n) is 16.9. The Bertz CT molecular complexity index is 1850. The quantitative estimate of drug-likeness (QED) is 0.453. The number of hydrogen-bond acceptors (Lipinski definition) is 5. The summed E-state index contributed by atoms with van der Waals surface area (Å²) in [6, 6.07) is 6.54. The molecular weight excluding hydrogens is 430 g/mol. The number of hydrogen-bond donors (Lipinski definition) is 1. The fraction of sp³-hybridized carbons (Fsp3) is 0.125. The monoisotopic (exact) mass is 444 g/mol. The molecule has 5 aromatic rings. The van der Waals surface area contributed by atoms with Gasteiger partial charge in [-0.2, -0.15) is 5.10 Å². The Hall–Kier alpha value is -4.27. The summed E-state index contributed by atoms with van der Waals surface area (Å²) in [5.41, 5.74) is 0.634. The van der Waals surface area contributed by atoms with Crippen molar-refractivity contribution in [3.8, 4) is 0 Å². The highest BCUT2D eigenvalue weighted by Gasteiger charge is 2.33. The SMILES string of the molecule is O=c1oc2ncccc2c2c3c(n(Cc4cc5cn[nH]c5cc4F)c12)=CC(F)C1C=COC=31. The maximum absolute atomic E-state index is 15.1. The first-order chi connectivity index (χ1) is 16.1. The summed E-state index contributed by atoms with van der Waals surface area (Å²) in [6.07, 6.45) is 6.34. The topological polar surface area (TPSA) is 85.9 Å². The molecule has 2 aliphatic rings. The molecule has 5 heterocycles. The number of H-pyrrole nitrogens is 1. The molecule has 1 aromatic carbocycles. The number of aromatic nitrogens is 4. The molecule has 2 unspecified atom stereocenters. The molecule has 1 aliphatic heterocycles. The van der Waals surface area contributed by atoms with Crippen LogP contribution in [0.5, 0.6) is 0 Å². The Morgan fingerprint density at radius 1 is 1.27 bits per heavy atom. The van der Waals surface area contributed by atoms with E-state index in [1.54, 1.807) is 35.0 Å². The maximum Gasteiger partial charge on any atom is 0.362 e. The summed E-state index contributed by atoms with van der Waals surface area (Å²) in [6.45, 7) is -0.0100. The maximum atomic E-state index is 15.1. The number of nitrogens with one attached hydrogen (secondary N) is 1. The van der Waals surface area contributed by atoms with E-state index in [0.717, 1.165) is 5.39 Å². The average molecular weight is 444 g/mol. The van der Waals surface area contributed by atoms with E-state index in [1.165, 1.54) is 24.6 Å². The zero-order valence-corrected chi connectivity index (χ0v) is 16.9. The number of ether oxygens (including phenoxy) is 1. The number of alkyl halides is 1. The van der Waals surface area contributed by atoms with Gasteiger partial charge in [0.1, 0.15) is 23.3 Å². The molecule has 1 aliphatic carbocycles. The van der Waals surface area contributed by atoms with Crippen molar-refractivity contribution in [2.45, 2.75) is 12.7 Å². The molecule has 0 amide bonds. The van der Waals surface area contributed by atoms with E-state index in [9.17, 15) is 9.18 Å². The van der Waals surface area contributed by atoms with Gasteiger partial charge in [-0.05, 0) is 36.4 Å². The second-order valence-corrected chi connectivity index (χ2v) is 8.16. The lowest BCUT2D eigenvalue weighted by Crippen LogP contribution is -2.39. The van der Waals surface area contributed by atoms with Crippen LogP contribution in [0.4, 0.5) is 8.78 Å². The number of aromatic amines is 1. The molecule has 7 rings (SSSR count). The van der Waals surface area contributed by atoms with Gasteiger partial charge in [-0.15, -0.1) is 0 Å². The van der Waals surface area contributed by atoms with Gasteiger partial charge < -0.3 is 13.7 Å². The third kappa shape index (κ3) is 2.44. The summed E-state index contributed by atoms with van der Waals surface area (Å²) in [5.74, 6) is -0.633. The molecule has 162 valence electrons. The van der Waals surface area contributed by atoms with Crippen molar-refractivity contribution in [2.24, 2.45) is 5.92 Å². The molecule has 0 radical (unpaired) electrons. The third-order valence-corrected chi connectivity index (χ3v) is 6.35. The van der Waals surface area contributed by atoms with Gasteiger partial charge in [0.2, 0.25) is 5.71 Å². The first-order valence-corrected chi connectivity index (χ1v) is 10.3. The Labute approximate surface area is 182 Å². The lowest BCUT2D eigenvalue weighted by atomic mass is 9.95. The smallest absolute Gasteiger partial charge is 0.362 e. The van der Waals surface area contributed by atoms with Crippen molar-refractivity contribution < 1.29 is 17.9 Å². The molecule has 2 atom stereocenters. The van der Waals surface area contributed by atoms with Crippen molar-refractivity contribution in [1.82, 2.24) is 19.7 Å². The minimum atomic E-state index is -1.35. The lowest BCUT2D eigenvalue weighted by molar-refractivity contribution is 0.340. The van der Waals surface area contributed by atoms with E-state index in [2.05, 4.69) is 15.2 Å². The van der Waals surface area contributed by atoms with Crippen LogP contribution in [-0.2, 0) is 11.3 Å². The van der Waals surface area contributed by atoms with E-state index in [1.807, 2.05) is 0 Å².